The maximum absolute atomic E-state index is 12.1. The zero-order chi connectivity index (χ0) is 14.9. The van der Waals surface area contributed by atoms with Crippen LogP contribution in [-0.2, 0) is 0 Å². The van der Waals surface area contributed by atoms with Crippen LogP contribution in [0.4, 0.5) is 5.82 Å². The Kier molecular flexibility index (Phi) is 3.99. The monoisotopic (exact) mass is 293 g/mol. The van der Waals surface area contributed by atoms with Crippen molar-refractivity contribution in [2.75, 3.05) is 5.73 Å². The molecule has 2 aromatic rings. The van der Waals surface area contributed by atoms with Gasteiger partial charge in [0.1, 0.15) is 17.3 Å². The second-order valence-electron chi connectivity index (χ2n) is 4.65. The number of furan rings is 1. The molecule has 0 radical (unpaired) electrons. The van der Waals surface area contributed by atoms with Gasteiger partial charge in [-0.05, 0) is 32.9 Å². The van der Waals surface area contributed by atoms with Gasteiger partial charge < -0.3 is 15.5 Å². The summed E-state index contributed by atoms with van der Waals surface area (Å²) >= 11 is 5.86. The molecular weight excluding hydrogens is 278 g/mol. The Hall–Kier alpha value is -2.01. The van der Waals surface area contributed by atoms with Crippen LogP contribution in [0.1, 0.15) is 40.4 Å². The number of anilines is 1. The van der Waals surface area contributed by atoms with E-state index in [0.717, 1.165) is 17.1 Å². The van der Waals surface area contributed by atoms with Gasteiger partial charge in [0.2, 0.25) is 0 Å². The van der Waals surface area contributed by atoms with E-state index in [2.05, 4.69) is 10.3 Å². The summed E-state index contributed by atoms with van der Waals surface area (Å²) in [6.07, 6.45) is 1.40. The van der Waals surface area contributed by atoms with Crippen LogP contribution in [-0.4, -0.2) is 10.9 Å². The van der Waals surface area contributed by atoms with E-state index in [1.165, 1.54) is 12.3 Å². The first kappa shape index (κ1) is 14.4. The van der Waals surface area contributed by atoms with Crippen molar-refractivity contribution in [1.29, 1.82) is 0 Å². The number of hydrogen-bond donors (Lipinski definition) is 2. The zero-order valence-corrected chi connectivity index (χ0v) is 12.3. The van der Waals surface area contributed by atoms with Crippen molar-refractivity contribution in [3.63, 3.8) is 0 Å². The predicted molar refractivity (Wildman–Crippen MR) is 77.7 cm³/mol. The molecule has 0 aliphatic carbocycles. The summed E-state index contributed by atoms with van der Waals surface area (Å²) in [6, 6.07) is 3.24. The molecule has 0 aromatic carbocycles. The molecule has 0 saturated heterocycles. The number of nitrogens with two attached hydrogens (primary N) is 1. The number of carbonyl (C=O) groups is 1. The van der Waals surface area contributed by atoms with Crippen molar-refractivity contribution in [3.8, 4) is 0 Å². The molecule has 1 amide bonds. The smallest absolute Gasteiger partial charge is 0.253 e. The van der Waals surface area contributed by atoms with E-state index in [-0.39, 0.29) is 22.8 Å². The number of hydrogen-bond acceptors (Lipinski definition) is 4. The second kappa shape index (κ2) is 5.54. The standard InChI is InChI=1S/C14H16ClN3O2/c1-7-4-11(9(3)20-7)8(2)18-14(19)10-5-12(15)13(16)17-6-10/h4-6,8H,1-3H3,(H2,16,17)(H,18,19). The highest BCUT2D eigenvalue weighted by Gasteiger charge is 2.16. The van der Waals surface area contributed by atoms with Crippen LogP contribution in [0.15, 0.2) is 22.7 Å². The van der Waals surface area contributed by atoms with Gasteiger partial charge in [-0.2, -0.15) is 0 Å². The van der Waals surface area contributed by atoms with Gasteiger partial charge in [-0.25, -0.2) is 4.98 Å². The highest BCUT2D eigenvalue weighted by atomic mass is 35.5. The van der Waals surface area contributed by atoms with Gasteiger partial charge in [0, 0.05) is 11.8 Å². The molecule has 0 saturated carbocycles. The summed E-state index contributed by atoms with van der Waals surface area (Å²) in [5, 5.41) is 3.14. The lowest BCUT2D eigenvalue weighted by atomic mass is 10.1. The number of carbonyl (C=O) groups excluding carboxylic acids is 1. The Morgan fingerprint density at radius 2 is 2.15 bits per heavy atom. The Bertz CT molecular complexity index is 652. The molecule has 0 fully saturated rings. The molecule has 5 nitrogen and oxygen atoms in total. The zero-order valence-electron chi connectivity index (χ0n) is 11.5. The van der Waals surface area contributed by atoms with E-state index < -0.39 is 0 Å². The Balaban J connectivity index is 2.15. The van der Waals surface area contributed by atoms with Crippen molar-refractivity contribution in [2.24, 2.45) is 0 Å². The summed E-state index contributed by atoms with van der Waals surface area (Å²) in [5.41, 5.74) is 6.84. The quantitative estimate of drug-likeness (QED) is 0.911. The first-order chi connectivity index (χ1) is 9.38. The number of pyridine rings is 1. The second-order valence-corrected chi connectivity index (χ2v) is 5.06. The molecule has 0 spiro atoms. The number of nitrogens with zero attached hydrogens (tertiary/aromatic N) is 1. The van der Waals surface area contributed by atoms with E-state index in [1.807, 2.05) is 26.8 Å². The molecule has 2 rings (SSSR count). The molecule has 0 aliphatic heterocycles. The average molecular weight is 294 g/mol. The number of nitrogen functional groups attached to an aromatic ring is 1. The van der Waals surface area contributed by atoms with Gasteiger partial charge in [-0.3, -0.25) is 4.79 Å². The van der Waals surface area contributed by atoms with Gasteiger partial charge in [0.15, 0.2) is 0 Å². The van der Waals surface area contributed by atoms with Crippen molar-refractivity contribution in [1.82, 2.24) is 10.3 Å². The molecule has 1 atom stereocenters. The minimum atomic E-state index is -0.259. The maximum atomic E-state index is 12.1. The lowest BCUT2D eigenvalue weighted by Crippen LogP contribution is -2.27. The fraction of sp³-hybridized carbons (Fsp3) is 0.286. The third-order valence-electron chi connectivity index (χ3n) is 3.03. The van der Waals surface area contributed by atoms with E-state index in [1.54, 1.807) is 0 Å². The van der Waals surface area contributed by atoms with Crippen molar-refractivity contribution in [3.05, 3.63) is 46.0 Å². The van der Waals surface area contributed by atoms with Crippen molar-refractivity contribution < 1.29 is 9.21 Å². The van der Waals surface area contributed by atoms with Gasteiger partial charge in [0.05, 0.1) is 16.6 Å². The SMILES string of the molecule is Cc1cc(C(C)NC(=O)c2cnc(N)c(Cl)c2)c(C)o1. The average Bonchev–Trinajstić information content (AvgIpc) is 2.71. The molecule has 106 valence electrons. The number of aryl methyl sites for hydroxylation is 2. The summed E-state index contributed by atoms with van der Waals surface area (Å²) in [5.74, 6) is 1.56. The van der Waals surface area contributed by atoms with E-state index in [0.29, 0.717) is 5.56 Å². The van der Waals surface area contributed by atoms with Crippen LogP contribution < -0.4 is 11.1 Å². The molecule has 0 aliphatic rings. The molecule has 0 bridgehead atoms. The third-order valence-corrected chi connectivity index (χ3v) is 3.33. The molecule has 3 N–H and O–H groups in total. The van der Waals surface area contributed by atoms with Gasteiger partial charge in [0.25, 0.3) is 5.91 Å². The van der Waals surface area contributed by atoms with Crippen molar-refractivity contribution >= 4 is 23.3 Å². The normalized spacial score (nSPS) is 12.2. The maximum Gasteiger partial charge on any atom is 0.253 e. The first-order valence-electron chi connectivity index (χ1n) is 6.17. The predicted octanol–water partition coefficient (Wildman–Crippen LogP) is 3.02. The van der Waals surface area contributed by atoms with Crippen LogP contribution in [0.2, 0.25) is 5.02 Å². The van der Waals surface area contributed by atoms with Crippen LogP contribution in [0.3, 0.4) is 0 Å². The van der Waals surface area contributed by atoms with Gasteiger partial charge in [-0.1, -0.05) is 11.6 Å². The summed E-state index contributed by atoms with van der Waals surface area (Å²) < 4.78 is 5.46. The lowest BCUT2D eigenvalue weighted by Gasteiger charge is -2.13. The van der Waals surface area contributed by atoms with E-state index >= 15 is 0 Å². The third kappa shape index (κ3) is 2.93. The molecule has 1 unspecified atom stereocenters. The molecule has 6 heteroatoms. The van der Waals surface area contributed by atoms with Crippen LogP contribution >= 0.6 is 11.6 Å². The van der Waals surface area contributed by atoms with E-state index in [9.17, 15) is 4.79 Å². The summed E-state index contributed by atoms with van der Waals surface area (Å²) in [7, 11) is 0. The Morgan fingerprint density at radius 1 is 1.45 bits per heavy atom. The van der Waals surface area contributed by atoms with Gasteiger partial charge in [-0.15, -0.1) is 0 Å². The largest absolute Gasteiger partial charge is 0.466 e. The topological polar surface area (TPSA) is 81.2 Å². The summed E-state index contributed by atoms with van der Waals surface area (Å²) in [6.45, 7) is 5.63. The highest BCUT2D eigenvalue weighted by molar-refractivity contribution is 6.33. The molecule has 2 heterocycles. The molecule has 20 heavy (non-hydrogen) atoms. The number of rotatable bonds is 3. The fourth-order valence-corrected chi connectivity index (χ4v) is 2.18. The van der Waals surface area contributed by atoms with E-state index in [4.69, 9.17) is 21.8 Å². The fourth-order valence-electron chi connectivity index (χ4n) is 2.01. The van der Waals surface area contributed by atoms with Crippen LogP contribution in [0.5, 0.6) is 0 Å². The number of amides is 1. The van der Waals surface area contributed by atoms with Gasteiger partial charge >= 0.3 is 0 Å². The Labute approximate surface area is 122 Å². The highest BCUT2D eigenvalue weighted by Crippen LogP contribution is 2.22. The lowest BCUT2D eigenvalue weighted by molar-refractivity contribution is 0.0939. The number of aromatic nitrogens is 1. The van der Waals surface area contributed by atoms with Crippen LogP contribution in [0, 0.1) is 13.8 Å². The molecular formula is C14H16ClN3O2. The summed E-state index contributed by atoms with van der Waals surface area (Å²) in [4.78, 5) is 16.0. The first-order valence-corrected chi connectivity index (χ1v) is 6.55. The molecule has 2 aromatic heterocycles. The number of nitrogens with one attached hydrogen (secondary N) is 1. The van der Waals surface area contributed by atoms with Crippen LogP contribution in [0.25, 0.3) is 0 Å². The minimum absolute atomic E-state index is 0.170. The Morgan fingerprint density at radius 3 is 2.70 bits per heavy atom. The number of halogens is 1. The van der Waals surface area contributed by atoms with Crippen molar-refractivity contribution in [2.45, 2.75) is 26.8 Å². The minimum Gasteiger partial charge on any atom is -0.466 e.